The van der Waals surface area contributed by atoms with Crippen LogP contribution in [0, 0.1) is 12.8 Å². The van der Waals surface area contributed by atoms with E-state index in [-0.39, 0.29) is 10.1 Å². The maximum atomic E-state index is 12.3. The van der Waals surface area contributed by atoms with Gasteiger partial charge in [0.2, 0.25) is 0 Å². The van der Waals surface area contributed by atoms with Crippen molar-refractivity contribution in [2.24, 2.45) is 11.1 Å². The number of thiazole rings is 1. The van der Waals surface area contributed by atoms with Gasteiger partial charge in [0, 0.05) is 25.4 Å². The third-order valence-corrected chi connectivity index (χ3v) is 6.20. The molecule has 0 spiro atoms. The zero-order valence-electron chi connectivity index (χ0n) is 10.2. The summed E-state index contributed by atoms with van der Waals surface area (Å²) in [5.41, 5.74) is 0.655. The first-order valence-electron chi connectivity index (χ1n) is 5.58. The van der Waals surface area contributed by atoms with E-state index in [1.54, 1.807) is 6.92 Å². The fraction of sp³-hybridized carbons (Fsp3) is 0.600. The molecule has 0 bridgehead atoms. The molecule has 1 saturated heterocycles. The van der Waals surface area contributed by atoms with Crippen molar-refractivity contribution in [3.63, 3.8) is 0 Å². The van der Waals surface area contributed by atoms with E-state index in [0.717, 1.165) is 5.01 Å². The number of hydrogen-bond donors (Lipinski definition) is 1. The number of hydrogen-bond acceptors (Lipinski definition) is 6. The Balaban J connectivity index is 2.23. The van der Waals surface area contributed by atoms with Crippen LogP contribution in [0.4, 0.5) is 0 Å². The highest BCUT2D eigenvalue weighted by Gasteiger charge is 2.32. The van der Waals surface area contributed by atoms with E-state index in [1.807, 2.05) is 6.92 Å². The monoisotopic (exact) mass is 289 g/mol. The van der Waals surface area contributed by atoms with E-state index in [2.05, 4.69) is 10.1 Å². The van der Waals surface area contributed by atoms with Gasteiger partial charge in [-0.1, -0.05) is 12.1 Å². The van der Waals surface area contributed by atoms with E-state index in [4.69, 9.17) is 5.21 Å². The third kappa shape index (κ3) is 2.40. The topological polar surface area (TPSA) is 82.9 Å². The SMILES string of the molecule is Cc1ncc(S(=O)(=O)N2CCC(=NO)C(C)C2)s1. The summed E-state index contributed by atoms with van der Waals surface area (Å²) in [6.07, 6.45) is 1.87. The van der Waals surface area contributed by atoms with Crippen LogP contribution in [0.2, 0.25) is 0 Å². The Morgan fingerprint density at radius 2 is 2.33 bits per heavy atom. The van der Waals surface area contributed by atoms with Crippen LogP contribution in [-0.2, 0) is 10.0 Å². The largest absolute Gasteiger partial charge is 0.411 e. The second-order valence-corrected chi connectivity index (χ2v) is 7.70. The summed E-state index contributed by atoms with van der Waals surface area (Å²) in [5.74, 6) is -0.0625. The fourth-order valence-electron chi connectivity index (χ4n) is 1.94. The summed E-state index contributed by atoms with van der Waals surface area (Å²) in [5, 5.41) is 12.7. The van der Waals surface area contributed by atoms with Crippen LogP contribution < -0.4 is 0 Å². The number of rotatable bonds is 2. The van der Waals surface area contributed by atoms with Crippen LogP contribution >= 0.6 is 11.3 Å². The molecule has 100 valence electrons. The molecular weight excluding hydrogens is 274 g/mol. The summed E-state index contributed by atoms with van der Waals surface area (Å²) >= 11 is 1.18. The smallest absolute Gasteiger partial charge is 0.254 e. The van der Waals surface area contributed by atoms with E-state index < -0.39 is 10.0 Å². The fourth-order valence-corrected chi connectivity index (χ4v) is 4.74. The van der Waals surface area contributed by atoms with Crippen LogP contribution in [0.25, 0.3) is 0 Å². The van der Waals surface area contributed by atoms with Gasteiger partial charge in [0.15, 0.2) is 4.21 Å². The molecule has 0 saturated carbocycles. The van der Waals surface area contributed by atoms with Crippen molar-refractivity contribution in [1.29, 1.82) is 0 Å². The van der Waals surface area contributed by atoms with E-state index in [1.165, 1.54) is 21.8 Å². The lowest BCUT2D eigenvalue weighted by molar-refractivity contribution is 0.300. The first-order valence-corrected chi connectivity index (χ1v) is 7.84. The predicted molar refractivity (Wildman–Crippen MR) is 68.6 cm³/mol. The van der Waals surface area contributed by atoms with Crippen LogP contribution in [0.5, 0.6) is 0 Å². The lowest BCUT2D eigenvalue weighted by atomic mass is 10.00. The molecule has 18 heavy (non-hydrogen) atoms. The van der Waals surface area contributed by atoms with Crippen LogP contribution in [0.15, 0.2) is 15.6 Å². The van der Waals surface area contributed by atoms with Gasteiger partial charge < -0.3 is 5.21 Å². The van der Waals surface area contributed by atoms with Crippen molar-refractivity contribution in [2.75, 3.05) is 13.1 Å². The van der Waals surface area contributed by atoms with Gasteiger partial charge in [-0.15, -0.1) is 11.3 Å². The Hall–Kier alpha value is -0.990. The molecule has 0 aliphatic carbocycles. The molecule has 8 heteroatoms. The summed E-state index contributed by atoms with van der Waals surface area (Å²) in [4.78, 5) is 3.98. The summed E-state index contributed by atoms with van der Waals surface area (Å²) in [7, 11) is -3.45. The average molecular weight is 289 g/mol. The van der Waals surface area contributed by atoms with E-state index >= 15 is 0 Å². The predicted octanol–water partition coefficient (Wildman–Crippen LogP) is 1.31. The molecule has 0 radical (unpaired) electrons. The van der Waals surface area contributed by atoms with Gasteiger partial charge >= 0.3 is 0 Å². The Labute approximate surface area is 110 Å². The maximum Gasteiger partial charge on any atom is 0.254 e. The second kappa shape index (κ2) is 4.94. The Morgan fingerprint density at radius 3 is 2.83 bits per heavy atom. The quantitative estimate of drug-likeness (QED) is 0.657. The van der Waals surface area contributed by atoms with Crippen molar-refractivity contribution in [3.05, 3.63) is 11.2 Å². The summed E-state index contributed by atoms with van der Waals surface area (Å²) < 4.78 is 26.4. The van der Waals surface area contributed by atoms with E-state index in [9.17, 15) is 8.42 Å². The van der Waals surface area contributed by atoms with E-state index in [0.29, 0.717) is 25.2 Å². The molecule has 1 fully saturated rings. The van der Waals surface area contributed by atoms with Gasteiger partial charge in [0.1, 0.15) is 0 Å². The molecule has 0 amide bonds. The van der Waals surface area contributed by atoms with Gasteiger partial charge in [-0.25, -0.2) is 13.4 Å². The summed E-state index contributed by atoms with van der Waals surface area (Å²) in [6, 6.07) is 0. The zero-order valence-corrected chi connectivity index (χ0v) is 11.8. The lowest BCUT2D eigenvalue weighted by Gasteiger charge is -2.29. The molecule has 0 aromatic carbocycles. The molecule has 1 aromatic heterocycles. The number of sulfonamides is 1. The number of aromatic nitrogens is 1. The normalized spacial score (nSPS) is 24.6. The third-order valence-electron chi connectivity index (χ3n) is 2.99. The Kier molecular flexibility index (Phi) is 3.69. The molecule has 1 atom stereocenters. The van der Waals surface area contributed by atoms with Crippen molar-refractivity contribution >= 4 is 27.1 Å². The van der Waals surface area contributed by atoms with Gasteiger partial charge in [0.25, 0.3) is 10.0 Å². The minimum Gasteiger partial charge on any atom is -0.411 e. The van der Waals surface area contributed by atoms with Gasteiger partial charge in [0.05, 0.1) is 16.9 Å². The molecule has 1 aliphatic heterocycles. The Bertz CT molecular complexity index is 565. The molecule has 1 N–H and O–H groups in total. The highest BCUT2D eigenvalue weighted by Crippen LogP contribution is 2.25. The van der Waals surface area contributed by atoms with Crippen LogP contribution in [-0.4, -0.2) is 41.7 Å². The van der Waals surface area contributed by atoms with Crippen molar-refractivity contribution in [1.82, 2.24) is 9.29 Å². The molecule has 1 aliphatic rings. The Morgan fingerprint density at radius 1 is 1.61 bits per heavy atom. The molecular formula is C10H15N3O3S2. The van der Waals surface area contributed by atoms with Gasteiger partial charge in [-0.2, -0.15) is 4.31 Å². The zero-order chi connectivity index (χ0) is 13.3. The summed E-state index contributed by atoms with van der Waals surface area (Å²) in [6.45, 7) is 4.33. The van der Waals surface area contributed by atoms with Crippen molar-refractivity contribution < 1.29 is 13.6 Å². The molecule has 6 nitrogen and oxygen atoms in total. The molecule has 2 rings (SSSR count). The van der Waals surface area contributed by atoms with Crippen molar-refractivity contribution in [3.8, 4) is 0 Å². The second-order valence-electron chi connectivity index (χ2n) is 4.30. The first kappa shape index (κ1) is 13.4. The molecule has 2 heterocycles. The maximum absolute atomic E-state index is 12.3. The molecule has 1 unspecified atom stereocenters. The highest BCUT2D eigenvalue weighted by atomic mass is 32.2. The standard InChI is InChI=1S/C10H15N3O3S2/c1-7-6-13(4-3-9(7)12-14)18(15,16)10-5-11-8(2)17-10/h5,7,14H,3-4,6H2,1-2H3. The average Bonchev–Trinajstić information content (AvgIpc) is 2.76. The van der Waals surface area contributed by atoms with Crippen LogP contribution in [0.3, 0.4) is 0 Å². The number of aryl methyl sites for hydroxylation is 1. The lowest BCUT2D eigenvalue weighted by Crippen LogP contribution is -2.42. The van der Waals surface area contributed by atoms with Gasteiger partial charge in [-0.05, 0) is 6.92 Å². The van der Waals surface area contributed by atoms with Crippen LogP contribution in [0.1, 0.15) is 18.4 Å². The first-order chi connectivity index (χ1) is 8.45. The molecule has 1 aromatic rings. The number of oxime groups is 1. The highest BCUT2D eigenvalue weighted by molar-refractivity contribution is 7.91. The number of nitrogens with zero attached hydrogens (tertiary/aromatic N) is 3. The van der Waals surface area contributed by atoms with Crippen molar-refractivity contribution in [2.45, 2.75) is 24.5 Å². The minimum absolute atomic E-state index is 0.0625. The number of piperidine rings is 1. The minimum atomic E-state index is -3.45. The van der Waals surface area contributed by atoms with Gasteiger partial charge in [-0.3, -0.25) is 0 Å².